The van der Waals surface area contributed by atoms with Crippen LogP contribution in [0.4, 0.5) is 0 Å². The largest absolute Gasteiger partial charge is 0.341 e. The van der Waals surface area contributed by atoms with Gasteiger partial charge in [0.25, 0.3) is 0 Å². The number of hydrogen-bond acceptors (Lipinski definition) is 2. The molecular weight excluding hydrogens is 200 g/mol. The first-order valence-corrected chi connectivity index (χ1v) is 5.70. The van der Waals surface area contributed by atoms with Crippen LogP contribution in [-0.2, 0) is 4.79 Å². The highest BCUT2D eigenvalue weighted by atomic mass is 16.2. The van der Waals surface area contributed by atoms with E-state index >= 15 is 0 Å². The Balaban J connectivity index is 2.73. The van der Waals surface area contributed by atoms with Gasteiger partial charge in [0.05, 0.1) is 0 Å². The Kier molecular flexibility index (Phi) is 4.99. The molecular formula is C13H20N2O. The quantitative estimate of drug-likeness (QED) is 0.732. The molecule has 88 valence electrons. The van der Waals surface area contributed by atoms with Gasteiger partial charge in [-0.2, -0.15) is 0 Å². The van der Waals surface area contributed by atoms with Gasteiger partial charge in [-0.05, 0) is 25.3 Å². The van der Waals surface area contributed by atoms with Gasteiger partial charge in [0, 0.05) is 13.1 Å². The highest BCUT2D eigenvalue weighted by molar-refractivity contribution is 5.85. The smallest absolute Gasteiger partial charge is 0.244 e. The molecule has 1 heterocycles. The SMILES string of the molecule is C=C/C=C(\C=C/C)C(N)C(=O)N1CCCC1. The lowest BCUT2D eigenvalue weighted by molar-refractivity contribution is -0.130. The highest BCUT2D eigenvalue weighted by Crippen LogP contribution is 2.12. The van der Waals surface area contributed by atoms with Gasteiger partial charge < -0.3 is 10.6 Å². The summed E-state index contributed by atoms with van der Waals surface area (Å²) in [5, 5.41) is 0. The molecule has 1 amide bonds. The van der Waals surface area contributed by atoms with E-state index in [4.69, 9.17) is 5.73 Å². The Bertz CT molecular complexity index is 312. The number of nitrogens with two attached hydrogens (primary N) is 1. The Morgan fingerprint density at radius 1 is 1.44 bits per heavy atom. The molecule has 1 fully saturated rings. The molecule has 1 saturated heterocycles. The molecule has 1 unspecified atom stereocenters. The van der Waals surface area contributed by atoms with Crippen molar-refractivity contribution in [3.05, 3.63) is 36.5 Å². The van der Waals surface area contributed by atoms with Crippen molar-refractivity contribution < 1.29 is 4.79 Å². The summed E-state index contributed by atoms with van der Waals surface area (Å²) in [6.07, 6.45) is 9.36. The molecule has 1 aliphatic rings. The van der Waals surface area contributed by atoms with Gasteiger partial charge in [0.15, 0.2) is 0 Å². The van der Waals surface area contributed by atoms with Gasteiger partial charge in [-0.15, -0.1) is 0 Å². The van der Waals surface area contributed by atoms with Gasteiger partial charge in [-0.25, -0.2) is 0 Å². The number of likely N-dealkylation sites (tertiary alicyclic amines) is 1. The summed E-state index contributed by atoms with van der Waals surface area (Å²) in [6, 6.07) is -0.563. The van der Waals surface area contributed by atoms with Gasteiger partial charge in [0.1, 0.15) is 6.04 Å². The maximum atomic E-state index is 12.0. The molecule has 3 heteroatoms. The summed E-state index contributed by atoms with van der Waals surface area (Å²) in [7, 11) is 0. The van der Waals surface area contributed by atoms with Crippen LogP contribution in [-0.4, -0.2) is 29.9 Å². The van der Waals surface area contributed by atoms with Gasteiger partial charge >= 0.3 is 0 Å². The van der Waals surface area contributed by atoms with Gasteiger partial charge in [-0.3, -0.25) is 4.79 Å². The van der Waals surface area contributed by atoms with Crippen LogP contribution in [0.2, 0.25) is 0 Å². The molecule has 0 spiro atoms. The zero-order chi connectivity index (χ0) is 12.0. The van der Waals surface area contributed by atoms with Crippen LogP contribution in [0, 0.1) is 0 Å². The van der Waals surface area contributed by atoms with E-state index in [1.165, 1.54) is 0 Å². The molecule has 3 nitrogen and oxygen atoms in total. The normalized spacial score (nSPS) is 19.1. The number of carbonyl (C=O) groups is 1. The molecule has 0 aromatic rings. The first-order chi connectivity index (χ1) is 7.70. The number of nitrogens with zero attached hydrogens (tertiary/aromatic N) is 1. The monoisotopic (exact) mass is 220 g/mol. The zero-order valence-electron chi connectivity index (χ0n) is 9.86. The second-order valence-electron chi connectivity index (χ2n) is 3.91. The molecule has 0 aromatic carbocycles. The van der Waals surface area contributed by atoms with Gasteiger partial charge in [-0.1, -0.05) is 30.9 Å². The van der Waals surface area contributed by atoms with Crippen LogP contribution in [0.1, 0.15) is 19.8 Å². The predicted octanol–water partition coefficient (Wildman–Crippen LogP) is 1.62. The molecule has 16 heavy (non-hydrogen) atoms. The minimum atomic E-state index is -0.563. The number of carbonyl (C=O) groups excluding carboxylic acids is 1. The first-order valence-electron chi connectivity index (χ1n) is 5.70. The Hall–Kier alpha value is -1.35. The van der Waals surface area contributed by atoms with Crippen molar-refractivity contribution in [2.24, 2.45) is 5.73 Å². The van der Waals surface area contributed by atoms with Crippen LogP contribution in [0.5, 0.6) is 0 Å². The Morgan fingerprint density at radius 2 is 2.06 bits per heavy atom. The molecule has 0 aliphatic carbocycles. The summed E-state index contributed by atoms with van der Waals surface area (Å²) in [4.78, 5) is 13.9. The maximum Gasteiger partial charge on any atom is 0.244 e. The summed E-state index contributed by atoms with van der Waals surface area (Å²) in [6.45, 7) is 7.21. The van der Waals surface area contributed by atoms with Crippen molar-refractivity contribution in [2.45, 2.75) is 25.8 Å². The van der Waals surface area contributed by atoms with Crippen LogP contribution >= 0.6 is 0 Å². The van der Waals surface area contributed by atoms with E-state index in [0.29, 0.717) is 0 Å². The van der Waals surface area contributed by atoms with E-state index in [1.54, 1.807) is 12.2 Å². The van der Waals surface area contributed by atoms with E-state index < -0.39 is 6.04 Å². The minimum Gasteiger partial charge on any atom is -0.341 e. The van der Waals surface area contributed by atoms with E-state index in [9.17, 15) is 4.79 Å². The standard InChI is InChI=1S/C13H20N2O/c1-3-7-11(8-4-2)12(14)13(16)15-9-5-6-10-15/h3-4,7-8,12H,1,5-6,9-10,14H2,2H3/b8-4-,11-7+. The third-order valence-corrected chi connectivity index (χ3v) is 2.71. The lowest BCUT2D eigenvalue weighted by Crippen LogP contribution is -2.43. The number of hydrogen-bond donors (Lipinski definition) is 1. The average molecular weight is 220 g/mol. The van der Waals surface area contributed by atoms with Crippen LogP contribution in [0.3, 0.4) is 0 Å². The van der Waals surface area contributed by atoms with E-state index in [1.807, 2.05) is 24.0 Å². The van der Waals surface area contributed by atoms with Crippen molar-refractivity contribution >= 4 is 5.91 Å². The molecule has 0 bridgehead atoms. The summed E-state index contributed by atoms with van der Waals surface area (Å²) in [5.41, 5.74) is 6.77. The molecule has 0 radical (unpaired) electrons. The topological polar surface area (TPSA) is 46.3 Å². The van der Waals surface area contributed by atoms with Crippen molar-refractivity contribution in [3.63, 3.8) is 0 Å². The average Bonchev–Trinajstić information content (AvgIpc) is 2.80. The third kappa shape index (κ3) is 3.07. The fraction of sp³-hybridized carbons (Fsp3) is 0.462. The minimum absolute atomic E-state index is 0.0173. The molecule has 1 aliphatic heterocycles. The number of allylic oxidation sites excluding steroid dienone is 3. The van der Waals surface area contributed by atoms with Crippen molar-refractivity contribution in [2.75, 3.05) is 13.1 Å². The maximum absolute atomic E-state index is 12.0. The zero-order valence-corrected chi connectivity index (χ0v) is 9.86. The van der Waals surface area contributed by atoms with Crippen LogP contribution in [0.25, 0.3) is 0 Å². The van der Waals surface area contributed by atoms with Gasteiger partial charge in [0.2, 0.25) is 5.91 Å². The summed E-state index contributed by atoms with van der Waals surface area (Å²) in [5.74, 6) is 0.0173. The number of amides is 1. The van der Waals surface area contributed by atoms with E-state index in [0.717, 1.165) is 31.5 Å². The summed E-state index contributed by atoms with van der Waals surface area (Å²) < 4.78 is 0. The van der Waals surface area contributed by atoms with Crippen molar-refractivity contribution in [3.8, 4) is 0 Å². The third-order valence-electron chi connectivity index (χ3n) is 2.71. The second kappa shape index (κ2) is 6.28. The lowest BCUT2D eigenvalue weighted by Gasteiger charge is -2.20. The van der Waals surface area contributed by atoms with E-state index in [-0.39, 0.29) is 5.91 Å². The molecule has 2 N–H and O–H groups in total. The summed E-state index contributed by atoms with van der Waals surface area (Å²) >= 11 is 0. The molecule has 0 saturated carbocycles. The van der Waals surface area contributed by atoms with Crippen molar-refractivity contribution in [1.29, 1.82) is 0 Å². The fourth-order valence-electron chi connectivity index (χ4n) is 1.87. The Morgan fingerprint density at radius 3 is 2.56 bits per heavy atom. The van der Waals surface area contributed by atoms with Crippen LogP contribution in [0.15, 0.2) is 36.5 Å². The second-order valence-corrected chi connectivity index (χ2v) is 3.91. The molecule has 1 atom stereocenters. The highest BCUT2D eigenvalue weighted by Gasteiger charge is 2.24. The van der Waals surface area contributed by atoms with Crippen LogP contribution < -0.4 is 5.73 Å². The van der Waals surface area contributed by atoms with E-state index in [2.05, 4.69) is 6.58 Å². The predicted molar refractivity (Wildman–Crippen MR) is 66.9 cm³/mol. The molecule has 0 aromatic heterocycles. The molecule has 1 rings (SSSR count). The lowest BCUT2D eigenvalue weighted by atomic mass is 10.1. The van der Waals surface area contributed by atoms with Crippen molar-refractivity contribution in [1.82, 2.24) is 4.90 Å². The Labute approximate surface area is 97.3 Å². The number of rotatable bonds is 4. The fourth-order valence-corrected chi connectivity index (χ4v) is 1.87. The first kappa shape index (κ1) is 12.7.